The zero-order valence-electron chi connectivity index (χ0n) is 14.1. The van der Waals surface area contributed by atoms with Crippen molar-refractivity contribution >= 4 is 5.97 Å². The third kappa shape index (κ3) is 3.83. The smallest absolute Gasteiger partial charge is 0.342 e. The molecule has 0 bridgehead atoms. The predicted octanol–water partition coefficient (Wildman–Crippen LogP) is 0.516. The van der Waals surface area contributed by atoms with Crippen molar-refractivity contribution < 1.29 is 39.8 Å². The Bertz CT molecular complexity index is 715. The number of aliphatic hydroxyl groups is 3. The third-order valence-electron chi connectivity index (χ3n) is 4.55. The minimum Gasteiger partial charge on any atom is -0.508 e. The number of hydrogen-bond acceptors (Lipinski definition) is 8. The highest BCUT2D eigenvalue weighted by Gasteiger charge is 2.45. The Morgan fingerprint density at radius 2 is 1.88 bits per heavy atom. The standard InChI is InChI=1S/C18H22O8/c1-8-3-2-4-11(20)16(23)13(22)7-14-17(26-14)10-5-9(19)6-12(21)15(10)18(24)25-8/h2,4-6,8,11,13-14,16-17,19-23H,3,7H2,1H3/b4-2+/t8-,11-,13-,14+,16+,17+/m0/s1. The van der Waals surface area contributed by atoms with Crippen LogP contribution >= 0.6 is 0 Å². The van der Waals surface area contributed by atoms with Gasteiger partial charge in [-0.1, -0.05) is 12.2 Å². The van der Waals surface area contributed by atoms with Gasteiger partial charge in [0.05, 0.1) is 12.2 Å². The van der Waals surface area contributed by atoms with E-state index < -0.39 is 48.3 Å². The Balaban J connectivity index is 1.95. The summed E-state index contributed by atoms with van der Waals surface area (Å²) in [6.07, 6.45) is -2.51. The van der Waals surface area contributed by atoms with Crippen LogP contribution in [0.3, 0.4) is 0 Å². The third-order valence-corrected chi connectivity index (χ3v) is 4.55. The molecule has 0 spiro atoms. The zero-order valence-corrected chi connectivity index (χ0v) is 14.1. The number of esters is 1. The number of phenolic OH excluding ortho intramolecular Hbond substituents is 2. The summed E-state index contributed by atoms with van der Waals surface area (Å²) in [5.74, 6) is -1.42. The molecule has 5 N–H and O–H groups in total. The van der Waals surface area contributed by atoms with E-state index in [4.69, 9.17) is 9.47 Å². The van der Waals surface area contributed by atoms with Crippen LogP contribution in [0.4, 0.5) is 0 Å². The van der Waals surface area contributed by atoms with Gasteiger partial charge in [0.1, 0.15) is 41.5 Å². The second-order valence-electron chi connectivity index (χ2n) is 6.69. The maximum absolute atomic E-state index is 12.5. The number of fused-ring (bicyclic) bond motifs is 3. The first kappa shape index (κ1) is 18.7. The molecule has 142 valence electrons. The summed E-state index contributed by atoms with van der Waals surface area (Å²) in [5, 5.41) is 49.9. The Morgan fingerprint density at radius 1 is 1.15 bits per heavy atom. The van der Waals surface area contributed by atoms with Gasteiger partial charge >= 0.3 is 5.97 Å². The molecule has 0 amide bonds. The first-order chi connectivity index (χ1) is 12.3. The molecule has 1 aromatic rings. The molecule has 0 unspecified atom stereocenters. The summed E-state index contributed by atoms with van der Waals surface area (Å²) in [7, 11) is 0. The van der Waals surface area contributed by atoms with Crippen LogP contribution in [0.5, 0.6) is 11.5 Å². The fraction of sp³-hybridized carbons (Fsp3) is 0.500. The number of aromatic hydroxyl groups is 2. The minimum absolute atomic E-state index is 0.0119. The van der Waals surface area contributed by atoms with Crippen molar-refractivity contribution in [3.05, 3.63) is 35.4 Å². The van der Waals surface area contributed by atoms with Crippen molar-refractivity contribution in [2.45, 2.75) is 56.4 Å². The molecule has 2 aliphatic rings. The molecule has 2 aliphatic heterocycles. The van der Waals surface area contributed by atoms with E-state index in [2.05, 4.69) is 0 Å². The molecular weight excluding hydrogens is 344 g/mol. The average Bonchev–Trinajstić information content (AvgIpc) is 3.31. The number of aliphatic hydroxyl groups excluding tert-OH is 3. The van der Waals surface area contributed by atoms with Gasteiger partial charge in [0.2, 0.25) is 0 Å². The Hall–Kier alpha value is -2.13. The van der Waals surface area contributed by atoms with Gasteiger partial charge in [-0.15, -0.1) is 0 Å². The van der Waals surface area contributed by atoms with Gasteiger partial charge in [-0.2, -0.15) is 0 Å². The second kappa shape index (κ2) is 7.24. The van der Waals surface area contributed by atoms with Crippen LogP contribution < -0.4 is 0 Å². The first-order valence-electron chi connectivity index (χ1n) is 8.41. The highest BCUT2D eigenvalue weighted by molar-refractivity contribution is 5.95. The normalized spacial score (nSPS) is 36.2. The fourth-order valence-electron chi connectivity index (χ4n) is 3.09. The number of carbonyl (C=O) groups excluding carboxylic acids is 1. The predicted molar refractivity (Wildman–Crippen MR) is 88.7 cm³/mol. The van der Waals surface area contributed by atoms with Crippen LogP contribution in [0.2, 0.25) is 0 Å². The maximum Gasteiger partial charge on any atom is 0.342 e. The van der Waals surface area contributed by atoms with E-state index in [1.165, 1.54) is 12.1 Å². The second-order valence-corrected chi connectivity index (χ2v) is 6.69. The number of phenols is 2. The van der Waals surface area contributed by atoms with Crippen LogP contribution in [0.15, 0.2) is 24.3 Å². The summed E-state index contributed by atoms with van der Waals surface area (Å²) in [6, 6.07) is 2.34. The van der Waals surface area contributed by atoms with Crippen LogP contribution in [-0.2, 0) is 9.47 Å². The van der Waals surface area contributed by atoms with E-state index in [1.54, 1.807) is 13.0 Å². The first-order valence-corrected chi connectivity index (χ1v) is 8.41. The van der Waals surface area contributed by atoms with Gasteiger partial charge < -0.3 is 35.0 Å². The lowest BCUT2D eigenvalue weighted by atomic mass is 9.96. The van der Waals surface area contributed by atoms with Crippen LogP contribution in [0, 0.1) is 0 Å². The van der Waals surface area contributed by atoms with Crippen LogP contribution in [-0.4, -0.2) is 62.0 Å². The number of rotatable bonds is 0. The number of carbonyl (C=O) groups is 1. The topological polar surface area (TPSA) is 140 Å². The molecule has 8 heteroatoms. The van der Waals surface area contributed by atoms with Crippen LogP contribution in [0.1, 0.15) is 41.8 Å². The van der Waals surface area contributed by atoms with Crippen molar-refractivity contribution in [3.8, 4) is 11.5 Å². The van der Waals surface area contributed by atoms with Crippen molar-refractivity contribution in [3.63, 3.8) is 0 Å². The van der Waals surface area contributed by atoms with Gasteiger partial charge in [-0.3, -0.25) is 0 Å². The molecule has 26 heavy (non-hydrogen) atoms. The van der Waals surface area contributed by atoms with Crippen molar-refractivity contribution in [1.82, 2.24) is 0 Å². The maximum atomic E-state index is 12.5. The van der Waals surface area contributed by atoms with Crippen LogP contribution in [0.25, 0.3) is 0 Å². The molecule has 0 saturated carbocycles. The van der Waals surface area contributed by atoms with Gasteiger partial charge in [0.15, 0.2) is 0 Å². The lowest BCUT2D eigenvalue weighted by Gasteiger charge is -2.21. The molecule has 1 fully saturated rings. The monoisotopic (exact) mass is 366 g/mol. The number of cyclic esters (lactones) is 1. The summed E-state index contributed by atoms with van der Waals surface area (Å²) < 4.78 is 10.8. The Labute approximate surface area is 149 Å². The highest BCUT2D eigenvalue weighted by atomic mass is 16.6. The summed E-state index contributed by atoms with van der Waals surface area (Å²) >= 11 is 0. The number of hydrogen-bond donors (Lipinski definition) is 5. The lowest BCUT2D eigenvalue weighted by Crippen LogP contribution is -2.37. The van der Waals surface area contributed by atoms with E-state index in [0.717, 1.165) is 6.07 Å². The van der Waals surface area contributed by atoms with E-state index in [-0.39, 0.29) is 29.7 Å². The minimum atomic E-state index is -1.39. The largest absolute Gasteiger partial charge is 0.508 e. The SMILES string of the molecule is C[C@H]1C/C=C/[C@H](O)[C@@H](O)[C@@H](O)C[C@H]2O[C@@H]2c2cc(O)cc(O)c2C(=O)O1. The van der Waals surface area contributed by atoms with E-state index in [1.807, 2.05) is 0 Å². The lowest BCUT2D eigenvalue weighted by molar-refractivity contribution is -0.0464. The fourth-order valence-corrected chi connectivity index (χ4v) is 3.09. The summed E-state index contributed by atoms with van der Waals surface area (Å²) in [4.78, 5) is 12.5. The molecule has 0 aliphatic carbocycles. The van der Waals surface area contributed by atoms with E-state index in [9.17, 15) is 30.3 Å². The molecule has 1 aromatic carbocycles. The molecule has 8 nitrogen and oxygen atoms in total. The summed E-state index contributed by atoms with van der Waals surface area (Å²) in [6.45, 7) is 1.64. The zero-order chi connectivity index (χ0) is 19.0. The molecule has 0 radical (unpaired) electrons. The van der Waals surface area contributed by atoms with Gasteiger partial charge in [-0.25, -0.2) is 4.79 Å². The Morgan fingerprint density at radius 3 is 2.62 bits per heavy atom. The number of epoxide rings is 1. The molecule has 3 rings (SSSR count). The molecule has 0 aromatic heterocycles. The average molecular weight is 366 g/mol. The van der Waals surface area contributed by atoms with Crippen molar-refractivity contribution in [1.29, 1.82) is 0 Å². The van der Waals surface area contributed by atoms with Crippen molar-refractivity contribution in [2.75, 3.05) is 0 Å². The highest BCUT2D eigenvalue weighted by Crippen LogP contribution is 2.46. The molecular formula is C18H22O8. The van der Waals surface area contributed by atoms with Gasteiger partial charge in [0.25, 0.3) is 0 Å². The van der Waals surface area contributed by atoms with Crippen molar-refractivity contribution in [2.24, 2.45) is 0 Å². The number of ether oxygens (including phenoxy) is 2. The molecule has 1 saturated heterocycles. The summed E-state index contributed by atoms with van der Waals surface area (Å²) in [5.41, 5.74) is 0.151. The Kier molecular flexibility index (Phi) is 5.19. The van der Waals surface area contributed by atoms with Gasteiger partial charge in [-0.05, 0) is 13.0 Å². The molecule has 2 heterocycles. The van der Waals surface area contributed by atoms with Gasteiger partial charge in [0, 0.05) is 24.5 Å². The number of benzene rings is 1. The van der Waals surface area contributed by atoms with E-state index >= 15 is 0 Å². The quantitative estimate of drug-likeness (QED) is 0.254. The molecule has 6 atom stereocenters. The van der Waals surface area contributed by atoms with E-state index in [0.29, 0.717) is 0 Å².